The molecule has 20 heavy (non-hydrogen) atoms. The van der Waals surface area contributed by atoms with Gasteiger partial charge in [0.25, 0.3) is 0 Å². The van der Waals surface area contributed by atoms with Gasteiger partial charge in [-0.15, -0.1) is 11.3 Å². The Hall–Kier alpha value is -1.40. The van der Waals surface area contributed by atoms with Crippen LogP contribution in [0.2, 0.25) is 0 Å². The number of aromatic nitrogens is 3. The van der Waals surface area contributed by atoms with Gasteiger partial charge in [-0.1, -0.05) is 0 Å². The summed E-state index contributed by atoms with van der Waals surface area (Å²) in [6, 6.07) is 4.84. The molecule has 2 N–H and O–H groups in total. The highest BCUT2D eigenvalue weighted by Crippen LogP contribution is 2.26. The summed E-state index contributed by atoms with van der Waals surface area (Å²) in [7, 11) is 0. The third kappa shape index (κ3) is 2.86. The molecule has 0 bridgehead atoms. The number of piperidine rings is 1. The summed E-state index contributed by atoms with van der Waals surface area (Å²) in [6.45, 7) is 7.31. The standard InChI is InChI=1S/C14H21N5S/c1-10-3-4-13(20-10)9-18-7-5-12(6-8-18)19-14(15)16-11(2)17-19/h3-4,12H,5-9H2,1-2H3,(H2,15,16,17). The Kier molecular flexibility index (Phi) is 3.76. The van der Waals surface area contributed by atoms with Crippen molar-refractivity contribution < 1.29 is 0 Å². The SMILES string of the molecule is Cc1nc(N)n(C2CCN(Cc3ccc(C)s3)CC2)n1. The van der Waals surface area contributed by atoms with E-state index in [1.54, 1.807) is 0 Å². The second kappa shape index (κ2) is 5.54. The van der Waals surface area contributed by atoms with Crippen molar-refractivity contribution >= 4 is 17.3 Å². The molecule has 1 fully saturated rings. The monoisotopic (exact) mass is 291 g/mol. The van der Waals surface area contributed by atoms with Gasteiger partial charge >= 0.3 is 0 Å². The Labute approximate surface area is 123 Å². The molecule has 1 aliphatic heterocycles. The molecule has 1 saturated heterocycles. The molecule has 0 aromatic carbocycles. The highest BCUT2D eigenvalue weighted by Gasteiger charge is 2.23. The van der Waals surface area contributed by atoms with Crippen molar-refractivity contribution in [3.05, 3.63) is 27.7 Å². The van der Waals surface area contributed by atoms with Crippen LogP contribution in [-0.4, -0.2) is 32.8 Å². The van der Waals surface area contributed by atoms with Crippen molar-refractivity contribution in [1.82, 2.24) is 19.7 Å². The molecular formula is C14H21N5S. The van der Waals surface area contributed by atoms with Gasteiger partial charge in [0.1, 0.15) is 5.82 Å². The minimum atomic E-state index is 0.400. The maximum absolute atomic E-state index is 5.91. The Balaban J connectivity index is 1.58. The number of anilines is 1. The van der Waals surface area contributed by atoms with Crippen LogP contribution >= 0.6 is 11.3 Å². The Morgan fingerprint density at radius 2 is 2.05 bits per heavy atom. The third-order valence-corrected chi connectivity index (χ3v) is 4.83. The molecule has 2 aromatic rings. The van der Waals surface area contributed by atoms with Gasteiger partial charge in [-0.2, -0.15) is 10.1 Å². The Morgan fingerprint density at radius 3 is 2.60 bits per heavy atom. The Morgan fingerprint density at radius 1 is 1.30 bits per heavy atom. The van der Waals surface area contributed by atoms with E-state index in [4.69, 9.17) is 5.73 Å². The van der Waals surface area contributed by atoms with Gasteiger partial charge in [-0.3, -0.25) is 4.90 Å². The lowest BCUT2D eigenvalue weighted by molar-refractivity contribution is 0.175. The van der Waals surface area contributed by atoms with E-state index in [2.05, 4.69) is 34.0 Å². The summed E-state index contributed by atoms with van der Waals surface area (Å²) in [4.78, 5) is 9.55. The molecule has 0 unspecified atom stereocenters. The number of nitrogen functional groups attached to an aromatic ring is 1. The minimum absolute atomic E-state index is 0.400. The van der Waals surface area contributed by atoms with Crippen LogP contribution in [0.3, 0.4) is 0 Å². The lowest BCUT2D eigenvalue weighted by Gasteiger charge is -2.31. The maximum Gasteiger partial charge on any atom is 0.218 e. The summed E-state index contributed by atoms with van der Waals surface area (Å²) in [5.41, 5.74) is 5.91. The predicted molar refractivity (Wildman–Crippen MR) is 81.8 cm³/mol. The summed E-state index contributed by atoms with van der Waals surface area (Å²) in [5.74, 6) is 1.31. The van der Waals surface area contributed by atoms with Gasteiger partial charge in [0.15, 0.2) is 0 Å². The van der Waals surface area contributed by atoms with E-state index in [9.17, 15) is 0 Å². The molecule has 1 aliphatic rings. The largest absolute Gasteiger partial charge is 0.368 e. The van der Waals surface area contributed by atoms with Crippen LogP contribution in [0.15, 0.2) is 12.1 Å². The molecule has 0 radical (unpaired) electrons. The van der Waals surface area contributed by atoms with E-state index in [1.165, 1.54) is 9.75 Å². The fraction of sp³-hybridized carbons (Fsp3) is 0.571. The topological polar surface area (TPSA) is 60.0 Å². The number of hydrogen-bond donors (Lipinski definition) is 1. The van der Waals surface area contributed by atoms with Crippen LogP contribution < -0.4 is 5.73 Å². The van der Waals surface area contributed by atoms with Gasteiger partial charge in [-0.25, -0.2) is 4.68 Å². The highest BCUT2D eigenvalue weighted by molar-refractivity contribution is 7.11. The van der Waals surface area contributed by atoms with Crippen LogP contribution in [0.5, 0.6) is 0 Å². The van der Waals surface area contributed by atoms with Crippen LogP contribution in [0.25, 0.3) is 0 Å². The molecule has 2 aromatic heterocycles. The second-order valence-electron chi connectivity index (χ2n) is 5.48. The molecule has 3 rings (SSSR count). The average molecular weight is 291 g/mol. The zero-order chi connectivity index (χ0) is 14.1. The predicted octanol–water partition coefficient (Wildman–Crippen LogP) is 2.38. The van der Waals surface area contributed by atoms with Crippen molar-refractivity contribution in [2.24, 2.45) is 0 Å². The summed E-state index contributed by atoms with van der Waals surface area (Å²) < 4.78 is 1.90. The molecule has 0 atom stereocenters. The van der Waals surface area contributed by atoms with E-state index in [-0.39, 0.29) is 0 Å². The van der Waals surface area contributed by atoms with Crippen LogP contribution in [-0.2, 0) is 6.54 Å². The van der Waals surface area contributed by atoms with Gasteiger partial charge < -0.3 is 5.73 Å². The molecule has 0 spiro atoms. The first-order valence-electron chi connectivity index (χ1n) is 7.08. The summed E-state index contributed by atoms with van der Waals surface area (Å²) in [6.07, 6.45) is 2.19. The van der Waals surface area contributed by atoms with Gasteiger partial charge in [-0.05, 0) is 38.8 Å². The quantitative estimate of drug-likeness (QED) is 0.943. The molecular weight excluding hydrogens is 270 g/mol. The highest BCUT2D eigenvalue weighted by atomic mass is 32.1. The van der Waals surface area contributed by atoms with Crippen molar-refractivity contribution in [2.45, 2.75) is 39.3 Å². The normalized spacial score (nSPS) is 17.7. The van der Waals surface area contributed by atoms with E-state index in [0.29, 0.717) is 12.0 Å². The van der Waals surface area contributed by atoms with E-state index in [0.717, 1.165) is 38.3 Å². The molecule has 0 amide bonds. The molecule has 3 heterocycles. The zero-order valence-electron chi connectivity index (χ0n) is 12.0. The first-order chi connectivity index (χ1) is 9.61. The second-order valence-corrected chi connectivity index (χ2v) is 6.85. The smallest absolute Gasteiger partial charge is 0.218 e. The van der Waals surface area contributed by atoms with Crippen molar-refractivity contribution in [3.63, 3.8) is 0 Å². The molecule has 5 nitrogen and oxygen atoms in total. The fourth-order valence-corrected chi connectivity index (χ4v) is 3.76. The molecule has 108 valence electrons. The number of nitrogens with two attached hydrogens (primary N) is 1. The Bertz CT molecular complexity index is 580. The van der Waals surface area contributed by atoms with E-state index < -0.39 is 0 Å². The van der Waals surface area contributed by atoms with Crippen LogP contribution in [0.4, 0.5) is 5.95 Å². The van der Waals surface area contributed by atoms with Crippen molar-refractivity contribution in [3.8, 4) is 0 Å². The number of aryl methyl sites for hydroxylation is 2. The van der Waals surface area contributed by atoms with Crippen LogP contribution in [0.1, 0.15) is 34.5 Å². The lowest BCUT2D eigenvalue weighted by Crippen LogP contribution is -2.34. The maximum atomic E-state index is 5.91. The first-order valence-corrected chi connectivity index (χ1v) is 7.90. The third-order valence-electron chi connectivity index (χ3n) is 3.84. The first kappa shape index (κ1) is 13.6. The van der Waals surface area contributed by atoms with Gasteiger partial charge in [0.2, 0.25) is 5.95 Å². The average Bonchev–Trinajstić information content (AvgIpc) is 2.96. The number of likely N-dealkylation sites (tertiary alicyclic amines) is 1. The van der Waals surface area contributed by atoms with Crippen molar-refractivity contribution in [2.75, 3.05) is 18.8 Å². The van der Waals surface area contributed by atoms with E-state index >= 15 is 0 Å². The number of rotatable bonds is 3. The molecule has 0 aliphatic carbocycles. The number of thiophene rings is 1. The van der Waals surface area contributed by atoms with E-state index in [1.807, 2.05) is 22.9 Å². The zero-order valence-corrected chi connectivity index (χ0v) is 12.9. The van der Waals surface area contributed by atoms with Gasteiger partial charge in [0.05, 0.1) is 6.04 Å². The number of hydrogen-bond acceptors (Lipinski definition) is 5. The number of nitrogens with zero attached hydrogens (tertiary/aromatic N) is 4. The molecule has 0 saturated carbocycles. The molecule has 6 heteroatoms. The van der Waals surface area contributed by atoms with Crippen LogP contribution in [0, 0.1) is 13.8 Å². The fourth-order valence-electron chi connectivity index (χ4n) is 2.83. The van der Waals surface area contributed by atoms with Crippen molar-refractivity contribution in [1.29, 1.82) is 0 Å². The van der Waals surface area contributed by atoms with Gasteiger partial charge in [0, 0.05) is 29.4 Å². The lowest BCUT2D eigenvalue weighted by atomic mass is 10.1. The summed E-state index contributed by atoms with van der Waals surface area (Å²) in [5, 5.41) is 4.41. The minimum Gasteiger partial charge on any atom is -0.368 e. The summed E-state index contributed by atoms with van der Waals surface area (Å²) >= 11 is 1.90.